The molecule has 2 aromatic heterocycles. The molecule has 0 spiro atoms. The quantitative estimate of drug-likeness (QED) is 0.456. The second kappa shape index (κ2) is 9.92. The predicted octanol–water partition coefficient (Wildman–Crippen LogP) is 3.84. The van der Waals surface area contributed by atoms with Crippen LogP contribution >= 0.6 is 0 Å². The lowest BCUT2D eigenvalue weighted by molar-refractivity contribution is -0.160. The number of halogens is 9. The Labute approximate surface area is 212 Å². The topological polar surface area (TPSA) is 106 Å². The smallest absolute Gasteiger partial charge is 0.382 e. The van der Waals surface area contributed by atoms with Gasteiger partial charge in [-0.2, -0.15) is 31.4 Å². The molecule has 1 aliphatic rings. The van der Waals surface area contributed by atoms with E-state index in [-0.39, 0.29) is 5.56 Å². The van der Waals surface area contributed by atoms with E-state index in [1.165, 1.54) is 0 Å². The number of aromatic nitrogens is 3. The molecule has 210 valence electrons. The molecule has 0 bridgehead atoms. The van der Waals surface area contributed by atoms with E-state index in [4.69, 9.17) is 5.73 Å². The second-order valence-electron chi connectivity index (χ2n) is 8.65. The lowest BCUT2D eigenvalue weighted by Gasteiger charge is -2.18. The van der Waals surface area contributed by atoms with E-state index in [0.29, 0.717) is 21.5 Å². The largest absolute Gasteiger partial charge is 0.418 e. The fourth-order valence-electron chi connectivity index (χ4n) is 4.25. The van der Waals surface area contributed by atoms with Gasteiger partial charge in [0.2, 0.25) is 5.91 Å². The fraction of sp³-hybridized carbons (Fsp3) is 0.364. The van der Waals surface area contributed by atoms with Crippen LogP contribution in [0.5, 0.6) is 0 Å². The van der Waals surface area contributed by atoms with Gasteiger partial charge in [-0.25, -0.2) is 22.7 Å². The van der Waals surface area contributed by atoms with Crippen molar-refractivity contribution in [3.8, 4) is 11.3 Å². The van der Waals surface area contributed by atoms with E-state index < -0.39 is 102 Å². The van der Waals surface area contributed by atoms with Gasteiger partial charge in [-0.05, 0) is 18.2 Å². The van der Waals surface area contributed by atoms with Crippen LogP contribution in [0.2, 0.25) is 0 Å². The van der Waals surface area contributed by atoms with Crippen molar-refractivity contribution < 1.29 is 49.1 Å². The van der Waals surface area contributed by atoms with Gasteiger partial charge >= 0.3 is 12.4 Å². The molecular formula is C22H17F9N6O2. The number of nitrogen functional groups attached to an aromatic ring is 1. The van der Waals surface area contributed by atoms with Crippen LogP contribution in [0.1, 0.15) is 27.9 Å². The first-order chi connectivity index (χ1) is 18.1. The lowest BCUT2D eigenvalue weighted by atomic mass is 10.0. The Kier molecular flexibility index (Phi) is 7.12. The van der Waals surface area contributed by atoms with Gasteiger partial charge in [-0.15, -0.1) is 0 Å². The number of anilines is 1. The minimum Gasteiger partial charge on any atom is -0.382 e. The van der Waals surface area contributed by atoms with Crippen LogP contribution in [0.4, 0.5) is 45.3 Å². The number of nitrogens with one attached hydrogen (secondary N) is 1. The van der Waals surface area contributed by atoms with Gasteiger partial charge in [0.1, 0.15) is 36.9 Å². The third kappa shape index (κ3) is 5.56. The van der Waals surface area contributed by atoms with Gasteiger partial charge < -0.3 is 16.0 Å². The number of nitrogens with zero attached hydrogens (tertiary/aromatic N) is 4. The van der Waals surface area contributed by atoms with Crippen LogP contribution in [-0.4, -0.2) is 62.8 Å². The molecule has 1 aliphatic heterocycles. The number of hydrogen-bond donors (Lipinski definition) is 2. The number of nitrogens with two attached hydrogens (primary N) is 1. The standard InChI is InChI=1S/C22H17F9N6O2/c23-5-11-10(20(39)35-15-7-36(6-14(15)25)17(38)4-21(26,27)28)1-9(2-13(11)24)16-3-12(22(29,30)31)18-19(32)33-8-34-37(16)18/h1-3,8,14-15H,4-7H2,(H,35,39)(H2,32,33,34)/t14-,15+/m0/s1. The normalized spacial score (nSPS) is 18.1. The van der Waals surface area contributed by atoms with E-state index in [1.807, 2.05) is 0 Å². The highest BCUT2D eigenvalue weighted by Gasteiger charge is 2.41. The number of benzene rings is 1. The molecule has 2 atom stereocenters. The summed E-state index contributed by atoms with van der Waals surface area (Å²) < 4.78 is 122. The molecule has 3 aromatic rings. The van der Waals surface area contributed by atoms with Crippen LogP contribution in [0.15, 0.2) is 24.5 Å². The van der Waals surface area contributed by atoms with Gasteiger partial charge in [-0.3, -0.25) is 9.59 Å². The molecule has 1 fully saturated rings. The van der Waals surface area contributed by atoms with E-state index in [1.54, 1.807) is 0 Å². The zero-order valence-electron chi connectivity index (χ0n) is 19.4. The Morgan fingerprint density at radius 2 is 1.79 bits per heavy atom. The summed E-state index contributed by atoms with van der Waals surface area (Å²) in [7, 11) is 0. The van der Waals surface area contributed by atoms with Crippen molar-refractivity contribution in [3.05, 3.63) is 47.0 Å². The average Bonchev–Trinajstić information content (AvgIpc) is 3.39. The second-order valence-corrected chi connectivity index (χ2v) is 8.65. The molecule has 0 aliphatic carbocycles. The van der Waals surface area contributed by atoms with E-state index >= 15 is 0 Å². The molecule has 8 nitrogen and oxygen atoms in total. The van der Waals surface area contributed by atoms with E-state index in [9.17, 15) is 49.1 Å². The number of fused-ring (bicyclic) bond motifs is 1. The zero-order valence-corrected chi connectivity index (χ0v) is 19.4. The Morgan fingerprint density at radius 3 is 2.41 bits per heavy atom. The number of alkyl halides is 8. The third-order valence-corrected chi connectivity index (χ3v) is 6.03. The van der Waals surface area contributed by atoms with Gasteiger partial charge in [0, 0.05) is 23.2 Å². The number of carbonyl (C=O) groups excluding carboxylic acids is 2. The van der Waals surface area contributed by atoms with Crippen molar-refractivity contribution in [1.82, 2.24) is 24.8 Å². The highest BCUT2D eigenvalue weighted by atomic mass is 19.4. The van der Waals surface area contributed by atoms with Crippen LogP contribution in [0.25, 0.3) is 16.8 Å². The van der Waals surface area contributed by atoms with Gasteiger partial charge in [0.05, 0.1) is 23.8 Å². The highest BCUT2D eigenvalue weighted by molar-refractivity contribution is 5.97. The first-order valence-corrected chi connectivity index (χ1v) is 11.0. The van der Waals surface area contributed by atoms with Crippen molar-refractivity contribution in [3.63, 3.8) is 0 Å². The Bertz CT molecular complexity index is 1440. The van der Waals surface area contributed by atoms with Gasteiger partial charge in [0.25, 0.3) is 5.91 Å². The van der Waals surface area contributed by atoms with Crippen LogP contribution in [-0.2, 0) is 17.6 Å². The first-order valence-electron chi connectivity index (χ1n) is 11.0. The van der Waals surface area contributed by atoms with E-state index in [0.717, 1.165) is 12.4 Å². The molecule has 1 saturated heterocycles. The summed E-state index contributed by atoms with van der Waals surface area (Å²) in [6, 6.07) is 0.566. The van der Waals surface area contributed by atoms with Crippen LogP contribution in [0.3, 0.4) is 0 Å². The number of amides is 2. The van der Waals surface area contributed by atoms with Crippen LogP contribution < -0.4 is 11.1 Å². The minimum absolute atomic E-state index is 0.358. The molecule has 2 amide bonds. The van der Waals surface area contributed by atoms with Crippen molar-refractivity contribution in [2.24, 2.45) is 0 Å². The van der Waals surface area contributed by atoms with Gasteiger partial charge in [0.15, 0.2) is 5.82 Å². The molecule has 0 unspecified atom stereocenters. The Hall–Kier alpha value is -4.05. The van der Waals surface area contributed by atoms with Crippen LogP contribution in [0, 0.1) is 5.82 Å². The molecular weight excluding hydrogens is 551 g/mol. The predicted molar refractivity (Wildman–Crippen MR) is 116 cm³/mol. The van der Waals surface area contributed by atoms with Crippen molar-refractivity contribution >= 4 is 23.1 Å². The summed E-state index contributed by atoms with van der Waals surface area (Å²) in [5.41, 5.74) is 1.38. The minimum atomic E-state index is -4.94. The van der Waals surface area contributed by atoms with Crippen molar-refractivity contribution in [1.29, 1.82) is 0 Å². The van der Waals surface area contributed by atoms with Gasteiger partial charge in [-0.1, -0.05) is 0 Å². The monoisotopic (exact) mass is 568 g/mol. The summed E-state index contributed by atoms with van der Waals surface area (Å²) in [5, 5.41) is 5.80. The molecule has 3 heterocycles. The molecule has 17 heteroatoms. The summed E-state index contributed by atoms with van der Waals surface area (Å²) in [4.78, 5) is 28.8. The van der Waals surface area contributed by atoms with Crippen molar-refractivity contribution in [2.45, 2.75) is 37.7 Å². The Morgan fingerprint density at radius 1 is 1.10 bits per heavy atom. The zero-order chi connectivity index (χ0) is 28.9. The summed E-state index contributed by atoms with van der Waals surface area (Å²) in [6.45, 7) is -2.95. The first kappa shape index (κ1) is 28.0. The third-order valence-electron chi connectivity index (χ3n) is 6.03. The molecule has 1 aromatic carbocycles. The number of likely N-dealkylation sites (tertiary alicyclic amines) is 1. The maximum absolute atomic E-state index is 14.9. The Balaban J connectivity index is 1.69. The fourth-order valence-corrected chi connectivity index (χ4v) is 4.25. The summed E-state index contributed by atoms with van der Waals surface area (Å²) >= 11 is 0. The summed E-state index contributed by atoms with van der Waals surface area (Å²) in [5.74, 6) is -4.58. The summed E-state index contributed by atoms with van der Waals surface area (Å²) in [6.07, 6.45) is -12.8. The highest BCUT2D eigenvalue weighted by Crippen LogP contribution is 2.39. The van der Waals surface area contributed by atoms with E-state index in [2.05, 4.69) is 15.4 Å². The number of rotatable bonds is 5. The lowest BCUT2D eigenvalue weighted by Crippen LogP contribution is -2.42. The number of carbonyl (C=O) groups is 2. The average molecular weight is 568 g/mol. The molecule has 3 N–H and O–H groups in total. The number of hydrogen-bond acceptors (Lipinski definition) is 5. The maximum Gasteiger partial charge on any atom is 0.418 e. The molecule has 39 heavy (non-hydrogen) atoms. The molecule has 4 rings (SSSR count). The molecule has 0 saturated carbocycles. The SMILES string of the molecule is Nc1ncnn2c(-c3cc(F)c(CF)c(C(=O)N[C@@H]4CN(C(=O)CC(F)(F)F)C[C@@H]4F)c3)cc(C(F)(F)F)c12. The molecule has 0 radical (unpaired) electrons. The maximum atomic E-state index is 14.9. The van der Waals surface area contributed by atoms with Crippen molar-refractivity contribution in [2.75, 3.05) is 18.8 Å².